The van der Waals surface area contributed by atoms with Gasteiger partial charge in [-0.2, -0.15) is 0 Å². The van der Waals surface area contributed by atoms with Gasteiger partial charge in [0.05, 0.1) is 0 Å². The molecule has 0 amide bonds. The molecule has 0 aliphatic rings. The number of carbonyl (C=O) groups excluding carboxylic acids is 1. The van der Waals surface area contributed by atoms with Gasteiger partial charge >= 0.3 is 0 Å². The highest BCUT2D eigenvalue weighted by atomic mass is 16.1. The van der Waals surface area contributed by atoms with E-state index < -0.39 is 0 Å². The maximum atomic E-state index is 10.2. The molecule has 0 saturated heterocycles. The lowest BCUT2D eigenvalue weighted by Crippen LogP contribution is -1.93. The topological polar surface area (TPSA) is 43.1 Å². The molecule has 0 aromatic carbocycles. The fourth-order valence-corrected chi connectivity index (χ4v) is 0.417. The molecule has 0 radical (unpaired) electrons. The van der Waals surface area contributed by atoms with E-state index in [2.05, 4.69) is 6.58 Å². The fourth-order valence-electron chi connectivity index (χ4n) is 0.417. The lowest BCUT2D eigenvalue weighted by Gasteiger charge is -1.90. The summed E-state index contributed by atoms with van der Waals surface area (Å²) in [5.41, 5.74) is 6.47. The van der Waals surface area contributed by atoms with Crippen molar-refractivity contribution in [3.8, 4) is 0 Å². The van der Waals surface area contributed by atoms with Gasteiger partial charge in [0.15, 0.2) is 0 Å². The zero-order chi connectivity index (χ0) is 7.98. The second kappa shape index (κ2) is 4.56. The smallest absolute Gasteiger partial charge is 0.150 e. The summed E-state index contributed by atoms with van der Waals surface area (Å²) in [6, 6.07) is 0. The van der Waals surface area contributed by atoms with Gasteiger partial charge in [-0.3, -0.25) is 4.79 Å². The van der Waals surface area contributed by atoms with Crippen LogP contribution in [0, 0.1) is 0 Å². The van der Waals surface area contributed by atoms with Gasteiger partial charge in [0.1, 0.15) is 6.29 Å². The summed E-state index contributed by atoms with van der Waals surface area (Å²) in [5.74, 6) is 0. The van der Waals surface area contributed by atoms with Crippen molar-refractivity contribution in [1.82, 2.24) is 0 Å². The van der Waals surface area contributed by atoms with Gasteiger partial charge in [0.2, 0.25) is 0 Å². The zero-order valence-electron chi connectivity index (χ0n) is 6.00. The summed E-state index contributed by atoms with van der Waals surface area (Å²) in [5, 5.41) is 0. The molecule has 0 spiro atoms. The van der Waals surface area contributed by atoms with Gasteiger partial charge in [0, 0.05) is 11.3 Å². The molecule has 2 heteroatoms. The Morgan fingerprint density at radius 1 is 1.60 bits per heavy atom. The molecule has 0 heterocycles. The molecule has 0 unspecified atom stereocenters. The van der Waals surface area contributed by atoms with Crippen LogP contribution in [0.4, 0.5) is 0 Å². The first-order valence-corrected chi connectivity index (χ1v) is 2.95. The van der Waals surface area contributed by atoms with Crippen molar-refractivity contribution in [1.29, 1.82) is 0 Å². The molecule has 0 atom stereocenters. The summed E-state index contributed by atoms with van der Waals surface area (Å²) in [4.78, 5) is 10.2. The molecule has 0 fully saturated rings. The number of rotatable bonds is 3. The van der Waals surface area contributed by atoms with Crippen LogP contribution in [0.5, 0.6) is 0 Å². The average Bonchev–Trinajstić information content (AvgIpc) is 1.99. The van der Waals surface area contributed by atoms with Crippen LogP contribution in [-0.4, -0.2) is 6.29 Å². The van der Waals surface area contributed by atoms with Gasteiger partial charge in [-0.15, -0.1) is 0 Å². The highest BCUT2D eigenvalue weighted by Gasteiger charge is 1.86. The molecule has 0 rings (SSSR count). The molecule has 0 aliphatic heterocycles. The van der Waals surface area contributed by atoms with Crippen molar-refractivity contribution in [2.75, 3.05) is 0 Å². The lowest BCUT2D eigenvalue weighted by atomic mass is 10.2. The van der Waals surface area contributed by atoms with Crippen molar-refractivity contribution in [2.45, 2.75) is 6.92 Å². The van der Waals surface area contributed by atoms with E-state index in [-0.39, 0.29) is 0 Å². The first-order chi connectivity index (χ1) is 4.74. The molecule has 2 nitrogen and oxygen atoms in total. The van der Waals surface area contributed by atoms with Gasteiger partial charge in [-0.25, -0.2) is 0 Å². The normalized spacial score (nSPS) is 12.9. The van der Waals surface area contributed by atoms with Gasteiger partial charge in [-0.1, -0.05) is 18.7 Å². The minimum atomic E-state index is 0.496. The number of carbonyl (C=O) groups is 1. The number of hydrogen-bond acceptors (Lipinski definition) is 2. The maximum absolute atomic E-state index is 10.2. The maximum Gasteiger partial charge on any atom is 0.150 e. The Morgan fingerprint density at radius 2 is 2.20 bits per heavy atom. The highest BCUT2D eigenvalue weighted by molar-refractivity contribution is 5.78. The Hall–Kier alpha value is -1.31. The number of aldehydes is 1. The summed E-state index contributed by atoms with van der Waals surface area (Å²) < 4.78 is 0. The third-order valence-electron chi connectivity index (χ3n) is 1.04. The SMILES string of the molecule is C=C/C(C=O)=C\C(N)=C/C. The lowest BCUT2D eigenvalue weighted by molar-refractivity contribution is -0.104. The first-order valence-electron chi connectivity index (χ1n) is 2.95. The molecule has 54 valence electrons. The van der Waals surface area contributed by atoms with E-state index in [4.69, 9.17) is 5.73 Å². The Balaban J connectivity index is 4.39. The Morgan fingerprint density at radius 3 is 2.50 bits per heavy atom. The first kappa shape index (κ1) is 8.69. The van der Waals surface area contributed by atoms with Crippen molar-refractivity contribution in [3.05, 3.63) is 36.1 Å². The number of hydrogen-bond donors (Lipinski definition) is 1. The van der Waals surface area contributed by atoms with E-state index >= 15 is 0 Å². The highest BCUT2D eigenvalue weighted by Crippen LogP contribution is 1.94. The molecule has 0 aliphatic carbocycles. The quantitative estimate of drug-likeness (QED) is 0.360. The summed E-state index contributed by atoms with van der Waals surface area (Å²) >= 11 is 0. The molecule has 0 aromatic rings. The van der Waals surface area contributed by atoms with Crippen molar-refractivity contribution in [2.24, 2.45) is 5.73 Å². The van der Waals surface area contributed by atoms with Crippen LogP contribution in [0.1, 0.15) is 6.92 Å². The van der Waals surface area contributed by atoms with Crippen LogP contribution in [0.15, 0.2) is 36.1 Å². The van der Waals surface area contributed by atoms with E-state index in [1.54, 1.807) is 19.1 Å². The third kappa shape index (κ3) is 2.87. The Kier molecular flexibility index (Phi) is 3.96. The average molecular weight is 137 g/mol. The monoisotopic (exact) mass is 137 g/mol. The van der Waals surface area contributed by atoms with Gasteiger partial charge in [0.25, 0.3) is 0 Å². The van der Waals surface area contributed by atoms with E-state index in [0.29, 0.717) is 17.6 Å². The molecular formula is C8H11NO. The molecule has 2 N–H and O–H groups in total. The molecule has 0 bridgehead atoms. The second-order valence-electron chi connectivity index (χ2n) is 1.75. The standard InChI is InChI=1S/C8H11NO/c1-3-7(6-10)5-8(9)4-2/h3-6H,1,9H2,2H3/b7-5+,8-4+. The van der Waals surface area contributed by atoms with Crippen LogP contribution in [0.2, 0.25) is 0 Å². The third-order valence-corrected chi connectivity index (χ3v) is 1.04. The van der Waals surface area contributed by atoms with E-state index in [1.165, 1.54) is 6.08 Å². The minimum absolute atomic E-state index is 0.496. The minimum Gasteiger partial charge on any atom is -0.399 e. The Bertz CT molecular complexity index is 179. The fraction of sp³-hybridized carbons (Fsp3) is 0.125. The zero-order valence-corrected chi connectivity index (χ0v) is 6.00. The van der Waals surface area contributed by atoms with Crippen molar-refractivity contribution in [3.63, 3.8) is 0 Å². The van der Waals surface area contributed by atoms with Gasteiger partial charge < -0.3 is 5.73 Å². The van der Waals surface area contributed by atoms with Crippen LogP contribution >= 0.6 is 0 Å². The van der Waals surface area contributed by atoms with Crippen LogP contribution in [0.25, 0.3) is 0 Å². The molecule has 0 aromatic heterocycles. The van der Waals surface area contributed by atoms with E-state index in [9.17, 15) is 4.79 Å². The summed E-state index contributed by atoms with van der Waals surface area (Å²) in [7, 11) is 0. The number of allylic oxidation sites excluding steroid dienone is 4. The molecular weight excluding hydrogens is 126 g/mol. The molecule has 10 heavy (non-hydrogen) atoms. The van der Waals surface area contributed by atoms with Crippen LogP contribution < -0.4 is 5.73 Å². The predicted octanol–water partition coefficient (Wildman–Crippen LogP) is 1.16. The van der Waals surface area contributed by atoms with Gasteiger partial charge in [-0.05, 0) is 13.0 Å². The Labute approximate surface area is 60.7 Å². The van der Waals surface area contributed by atoms with Crippen molar-refractivity contribution >= 4 is 6.29 Å². The van der Waals surface area contributed by atoms with E-state index in [0.717, 1.165) is 0 Å². The predicted molar refractivity (Wildman–Crippen MR) is 42.3 cm³/mol. The largest absolute Gasteiger partial charge is 0.399 e. The summed E-state index contributed by atoms with van der Waals surface area (Å²) in [6.45, 7) is 5.24. The van der Waals surface area contributed by atoms with Crippen molar-refractivity contribution < 1.29 is 4.79 Å². The van der Waals surface area contributed by atoms with E-state index in [1.807, 2.05) is 0 Å². The second-order valence-corrected chi connectivity index (χ2v) is 1.75. The summed E-state index contributed by atoms with van der Waals surface area (Å²) in [6.07, 6.45) is 5.46. The molecule has 0 saturated carbocycles. The van der Waals surface area contributed by atoms with Crippen LogP contribution in [-0.2, 0) is 4.79 Å². The number of nitrogens with two attached hydrogens (primary N) is 1. The van der Waals surface area contributed by atoms with Crippen LogP contribution in [0.3, 0.4) is 0 Å².